The molecule has 0 fully saturated rings. The molecular formula is C14H10F5NO. The number of halogens is 5. The Morgan fingerprint density at radius 2 is 1.76 bits per heavy atom. The second-order valence-electron chi connectivity index (χ2n) is 4.44. The Hall–Kier alpha value is -2.02. The number of pyridine rings is 1. The van der Waals surface area contributed by atoms with Crippen molar-refractivity contribution in [3.63, 3.8) is 0 Å². The molecule has 7 heteroatoms. The zero-order valence-corrected chi connectivity index (χ0v) is 10.5. The quantitative estimate of drug-likeness (QED) is 0.878. The molecule has 1 heterocycles. The zero-order valence-electron chi connectivity index (χ0n) is 10.5. The Kier molecular flexibility index (Phi) is 4.22. The van der Waals surface area contributed by atoms with Gasteiger partial charge < -0.3 is 5.11 Å². The number of hydrogen-bond donors (Lipinski definition) is 1. The molecule has 0 spiro atoms. The van der Waals surface area contributed by atoms with Gasteiger partial charge in [-0.3, -0.25) is 4.98 Å². The normalized spacial score (nSPS) is 13.2. The van der Waals surface area contributed by atoms with Crippen molar-refractivity contribution in [2.75, 3.05) is 0 Å². The average molecular weight is 303 g/mol. The summed E-state index contributed by atoms with van der Waals surface area (Å²) in [5, 5.41) is 9.87. The first-order valence-electron chi connectivity index (χ1n) is 5.92. The summed E-state index contributed by atoms with van der Waals surface area (Å²) >= 11 is 0. The van der Waals surface area contributed by atoms with Crippen LogP contribution in [0.4, 0.5) is 22.0 Å². The van der Waals surface area contributed by atoms with E-state index in [2.05, 4.69) is 4.98 Å². The summed E-state index contributed by atoms with van der Waals surface area (Å²) in [6.45, 7) is 0. The van der Waals surface area contributed by atoms with Crippen molar-refractivity contribution in [3.8, 4) is 0 Å². The molecule has 0 aliphatic carbocycles. The molecule has 21 heavy (non-hydrogen) atoms. The fourth-order valence-corrected chi connectivity index (χ4v) is 1.76. The van der Waals surface area contributed by atoms with Gasteiger partial charge in [0.05, 0.1) is 17.4 Å². The summed E-state index contributed by atoms with van der Waals surface area (Å²) in [5.74, 6) is -2.07. The molecule has 0 aliphatic heterocycles. The summed E-state index contributed by atoms with van der Waals surface area (Å²) in [7, 11) is 0. The molecule has 0 saturated carbocycles. The monoisotopic (exact) mass is 303 g/mol. The van der Waals surface area contributed by atoms with Gasteiger partial charge in [0.15, 0.2) is 11.6 Å². The van der Waals surface area contributed by atoms with E-state index in [4.69, 9.17) is 0 Å². The van der Waals surface area contributed by atoms with Crippen LogP contribution in [0.25, 0.3) is 0 Å². The highest BCUT2D eigenvalue weighted by Gasteiger charge is 2.30. The molecule has 0 aliphatic rings. The predicted molar refractivity (Wildman–Crippen MR) is 64.3 cm³/mol. The molecule has 0 saturated heterocycles. The van der Waals surface area contributed by atoms with E-state index in [0.717, 1.165) is 24.3 Å². The number of nitrogens with zero attached hydrogens (tertiary/aromatic N) is 1. The van der Waals surface area contributed by atoms with Gasteiger partial charge in [-0.15, -0.1) is 0 Å². The molecule has 2 rings (SSSR count). The molecule has 1 unspecified atom stereocenters. The van der Waals surface area contributed by atoms with Gasteiger partial charge in [0.1, 0.15) is 0 Å². The number of aromatic nitrogens is 1. The fourth-order valence-electron chi connectivity index (χ4n) is 1.76. The Labute approximate surface area is 116 Å². The van der Waals surface area contributed by atoms with Crippen LogP contribution in [0.2, 0.25) is 0 Å². The lowest BCUT2D eigenvalue weighted by Gasteiger charge is -2.12. The van der Waals surface area contributed by atoms with Gasteiger partial charge in [-0.2, -0.15) is 13.2 Å². The molecular weight excluding hydrogens is 293 g/mol. The van der Waals surface area contributed by atoms with Crippen LogP contribution in [-0.4, -0.2) is 10.1 Å². The van der Waals surface area contributed by atoms with E-state index in [1.54, 1.807) is 0 Å². The molecule has 1 aromatic heterocycles. The lowest BCUT2D eigenvalue weighted by atomic mass is 10.0. The van der Waals surface area contributed by atoms with Crippen LogP contribution in [0.5, 0.6) is 0 Å². The lowest BCUT2D eigenvalue weighted by molar-refractivity contribution is -0.137. The highest BCUT2D eigenvalue weighted by atomic mass is 19.4. The van der Waals surface area contributed by atoms with Crippen LogP contribution in [0.3, 0.4) is 0 Å². The third kappa shape index (κ3) is 3.75. The van der Waals surface area contributed by atoms with Crippen molar-refractivity contribution in [2.45, 2.75) is 18.7 Å². The lowest BCUT2D eigenvalue weighted by Crippen LogP contribution is -2.09. The third-order valence-corrected chi connectivity index (χ3v) is 2.87. The van der Waals surface area contributed by atoms with Gasteiger partial charge in [-0.25, -0.2) is 8.78 Å². The first kappa shape index (κ1) is 15.4. The van der Waals surface area contributed by atoms with Crippen LogP contribution in [0.15, 0.2) is 36.5 Å². The van der Waals surface area contributed by atoms with Crippen molar-refractivity contribution in [3.05, 3.63) is 65.0 Å². The third-order valence-electron chi connectivity index (χ3n) is 2.87. The minimum Gasteiger partial charge on any atom is -0.386 e. The molecule has 2 aromatic rings. The Morgan fingerprint density at radius 3 is 2.29 bits per heavy atom. The van der Waals surface area contributed by atoms with Crippen LogP contribution in [0, 0.1) is 11.6 Å². The summed E-state index contributed by atoms with van der Waals surface area (Å²) in [6.07, 6.45) is -5.19. The van der Waals surface area contributed by atoms with Gasteiger partial charge in [-0.1, -0.05) is 6.07 Å². The topological polar surface area (TPSA) is 33.1 Å². The van der Waals surface area contributed by atoms with Gasteiger partial charge >= 0.3 is 6.18 Å². The molecule has 0 amide bonds. The Morgan fingerprint density at radius 1 is 1.05 bits per heavy atom. The Balaban J connectivity index is 2.13. The highest BCUT2D eigenvalue weighted by molar-refractivity contribution is 5.22. The average Bonchev–Trinajstić information content (AvgIpc) is 2.42. The molecule has 112 valence electrons. The van der Waals surface area contributed by atoms with E-state index in [1.807, 2.05) is 0 Å². The van der Waals surface area contributed by atoms with E-state index in [-0.39, 0.29) is 12.1 Å². The minimum absolute atomic E-state index is 0.0210. The fraction of sp³-hybridized carbons (Fsp3) is 0.214. The maximum Gasteiger partial charge on any atom is 0.417 e. The molecule has 0 radical (unpaired) electrons. The Bertz CT molecular complexity index is 624. The van der Waals surface area contributed by atoms with E-state index in [0.29, 0.717) is 11.8 Å². The van der Waals surface area contributed by atoms with Gasteiger partial charge in [0, 0.05) is 12.6 Å². The first-order valence-corrected chi connectivity index (χ1v) is 5.92. The highest BCUT2D eigenvalue weighted by Crippen LogP contribution is 2.29. The number of alkyl halides is 3. The SMILES string of the molecule is OC(Cc1ccc(F)c(F)c1)c1ccc(C(F)(F)F)cn1. The van der Waals surface area contributed by atoms with Crippen molar-refractivity contribution in [2.24, 2.45) is 0 Å². The van der Waals surface area contributed by atoms with E-state index in [1.165, 1.54) is 6.07 Å². The second-order valence-corrected chi connectivity index (χ2v) is 4.44. The van der Waals surface area contributed by atoms with Gasteiger partial charge in [0.2, 0.25) is 0 Å². The van der Waals surface area contributed by atoms with Gasteiger partial charge in [-0.05, 0) is 29.8 Å². The smallest absolute Gasteiger partial charge is 0.386 e. The summed E-state index contributed by atoms with van der Waals surface area (Å²) < 4.78 is 62.9. The molecule has 2 nitrogen and oxygen atoms in total. The number of aliphatic hydroxyl groups excluding tert-OH is 1. The van der Waals surface area contributed by atoms with Gasteiger partial charge in [0.25, 0.3) is 0 Å². The zero-order chi connectivity index (χ0) is 15.6. The van der Waals surface area contributed by atoms with Crippen LogP contribution >= 0.6 is 0 Å². The summed E-state index contributed by atoms with van der Waals surface area (Å²) in [6, 6.07) is 4.97. The molecule has 1 N–H and O–H groups in total. The van der Waals surface area contributed by atoms with Crippen LogP contribution in [-0.2, 0) is 12.6 Å². The van der Waals surface area contributed by atoms with Crippen LogP contribution in [0.1, 0.15) is 22.9 Å². The minimum atomic E-state index is -4.50. The van der Waals surface area contributed by atoms with Crippen molar-refractivity contribution in [1.29, 1.82) is 0 Å². The maximum atomic E-state index is 13.0. The van der Waals surface area contributed by atoms with E-state index in [9.17, 15) is 27.1 Å². The standard InChI is InChI=1S/C14H10F5NO/c15-10-3-1-8(5-11(10)16)6-13(21)12-4-2-9(7-20-12)14(17,18)19/h1-5,7,13,21H,6H2. The van der Waals surface area contributed by atoms with Crippen LogP contribution < -0.4 is 0 Å². The first-order chi connectivity index (χ1) is 9.77. The predicted octanol–water partition coefficient (Wildman–Crippen LogP) is 3.65. The van der Waals surface area contributed by atoms with E-state index < -0.39 is 29.5 Å². The van der Waals surface area contributed by atoms with Crippen molar-refractivity contribution in [1.82, 2.24) is 4.98 Å². The second kappa shape index (κ2) is 5.77. The molecule has 1 atom stereocenters. The number of rotatable bonds is 3. The number of benzene rings is 1. The number of aliphatic hydroxyl groups is 1. The van der Waals surface area contributed by atoms with Crippen molar-refractivity contribution < 1.29 is 27.1 Å². The van der Waals surface area contributed by atoms with Crippen molar-refractivity contribution >= 4 is 0 Å². The van der Waals surface area contributed by atoms with E-state index >= 15 is 0 Å². The summed E-state index contributed by atoms with van der Waals surface area (Å²) in [4.78, 5) is 3.54. The molecule has 1 aromatic carbocycles. The summed E-state index contributed by atoms with van der Waals surface area (Å²) in [5.41, 5.74) is -0.595. The largest absolute Gasteiger partial charge is 0.417 e. The molecule has 0 bridgehead atoms. The number of hydrogen-bond acceptors (Lipinski definition) is 2. The maximum absolute atomic E-state index is 13.0.